The van der Waals surface area contributed by atoms with E-state index in [4.69, 9.17) is 16.3 Å². The van der Waals surface area contributed by atoms with E-state index < -0.39 is 17.5 Å². The average molecular weight is 360 g/mol. The summed E-state index contributed by atoms with van der Waals surface area (Å²) in [6, 6.07) is 15.2. The fourth-order valence-corrected chi connectivity index (χ4v) is 2.74. The number of ether oxygens (including phenoxy) is 1. The van der Waals surface area contributed by atoms with Crippen molar-refractivity contribution in [2.75, 3.05) is 6.61 Å². The van der Waals surface area contributed by atoms with Gasteiger partial charge >= 0.3 is 5.97 Å². The van der Waals surface area contributed by atoms with Crippen molar-refractivity contribution < 1.29 is 19.0 Å². The molecule has 0 spiro atoms. The first-order chi connectivity index (χ1) is 12.0. The van der Waals surface area contributed by atoms with Gasteiger partial charge in [0.2, 0.25) is 0 Å². The summed E-state index contributed by atoms with van der Waals surface area (Å²) in [6.07, 6.45) is 0. The van der Waals surface area contributed by atoms with Crippen LogP contribution >= 0.6 is 11.6 Å². The normalized spacial score (nSPS) is 10.7. The molecule has 0 fully saturated rings. The Morgan fingerprint density at radius 3 is 2.40 bits per heavy atom. The van der Waals surface area contributed by atoms with Crippen molar-refractivity contribution in [3.8, 4) is 22.7 Å². The van der Waals surface area contributed by atoms with E-state index in [2.05, 4.69) is 0 Å². The molecule has 0 saturated carbocycles. The number of halogens is 2. The number of aromatic hydroxyl groups is 1. The Kier molecular flexibility index (Phi) is 4.76. The number of benzene rings is 2. The monoisotopic (exact) mass is 359 g/mol. The van der Waals surface area contributed by atoms with Gasteiger partial charge in [0, 0.05) is 16.3 Å². The van der Waals surface area contributed by atoms with Crippen LogP contribution in [0.3, 0.4) is 0 Å². The zero-order chi connectivity index (χ0) is 18.0. The summed E-state index contributed by atoms with van der Waals surface area (Å²) < 4.78 is 21.2. The molecule has 1 heterocycles. The molecular weight excluding hydrogens is 345 g/mol. The van der Waals surface area contributed by atoms with Crippen LogP contribution in [-0.4, -0.2) is 22.2 Å². The van der Waals surface area contributed by atoms with Crippen LogP contribution in [0.5, 0.6) is 5.75 Å². The molecule has 128 valence electrons. The number of carbonyl (C=O) groups excluding carboxylic acids is 1. The van der Waals surface area contributed by atoms with E-state index in [1.165, 1.54) is 4.57 Å². The molecule has 0 radical (unpaired) electrons. The third kappa shape index (κ3) is 3.10. The van der Waals surface area contributed by atoms with Crippen LogP contribution < -0.4 is 0 Å². The molecule has 3 rings (SSSR count). The van der Waals surface area contributed by atoms with Gasteiger partial charge in [0.15, 0.2) is 17.3 Å². The van der Waals surface area contributed by atoms with E-state index >= 15 is 0 Å². The molecule has 0 unspecified atom stereocenters. The fraction of sp³-hybridized carbons (Fsp3) is 0.105. The lowest BCUT2D eigenvalue weighted by Gasteiger charge is -2.13. The first kappa shape index (κ1) is 17.0. The Bertz CT molecular complexity index is 905. The quantitative estimate of drug-likeness (QED) is 0.679. The molecule has 0 saturated heterocycles. The second kappa shape index (κ2) is 6.99. The molecule has 25 heavy (non-hydrogen) atoms. The van der Waals surface area contributed by atoms with E-state index in [0.29, 0.717) is 16.3 Å². The molecule has 1 N–H and O–H groups in total. The number of rotatable bonds is 4. The summed E-state index contributed by atoms with van der Waals surface area (Å²) in [5.74, 6) is -2.44. The predicted octanol–water partition coefficient (Wildman–Crippen LogP) is 4.82. The van der Waals surface area contributed by atoms with Crippen LogP contribution in [0.2, 0.25) is 5.02 Å². The number of nitrogens with zero attached hydrogens (tertiary/aromatic N) is 1. The van der Waals surface area contributed by atoms with Crippen LogP contribution in [0.15, 0.2) is 54.6 Å². The number of esters is 1. The summed E-state index contributed by atoms with van der Waals surface area (Å²) in [5.41, 5.74) is 0.797. The predicted molar refractivity (Wildman–Crippen MR) is 93.8 cm³/mol. The minimum Gasteiger partial charge on any atom is -0.503 e. The summed E-state index contributed by atoms with van der Waals surface area (Å²) in [5, 5.41) is 10.7. The smallest absolute Gasteiger partial charge is 0.359 e. The molecule has 0 atom stereocenters. The van der Waals surface area contributed by atoms with E-state index in [0.717, 1.165) is 0 Å². The second-order valence-electron chi connectivity index (χ2n) is 5.26. The highest BCUT2D eigenvalue weighted by Crippen LogP contribution is 2.38. The highest BCUT2D eigenvalue weighted by Gasteiger charge is 2.30. The standard InChI is InChI=1S/C19H15ClFNO3/c1-2-25-19(24)17-18(23)15(21)16(12-8-10-13(20)11-9-12)22(17)14-6-4-3-5-7-14/h3-11,23H,2H2,1H3. The molecule has 0 aliphatic carbocycles. The maximum Gasteiger partial charge on any atom is 0.359 e. The van der Waals surface area contributed by atoms with Gasteiger partial charge in [-0.25, -0.2) is 9.18 Å². The first-order valence-electron chi connectivity index (χ1n) is 7.66. The van der Waals surface area contributed by atoms with Gasteiger partial charge in [-0.1, -0.05) is 41.9 Å². The maximum atomic E-state index is 14.8. The van der Waals surface area contributed by atoms with Gasteiger partial charge < -0.3 is 9.84 Å². The number of hydrogen-bond donors (Lipinski definition) is 1. The van der Waals surface area contributed by atoms with Gasteiger partial charge in [0.25, 0.3) is 0 Å². The van der Waals surface area contributed by atoms with Gasteiger partial charge in [0.1, 0.15) is 0 Å². The molecule has 6 heteroatoms. The average Bonchev–Trinajstić information content (AvgIpc) is 2.88. The molecule has 3 aromatic rings. The van der Waals surface area contributed by atoms with Crippen molar-refractivity contribution in [1.29, 1.82) is 0 Å². The minimum absolute atomic E-state index is 0.0587. The van der Waals surface area contributed by atoms with Crippen molar-refractivity contribution in [3.63, 3.8) is 0 Å². The molecule has 4 nitrogen and oxygen atoms in total. The SMILES string of the molecule is CCOC(=O)c1c(O)c(F)c(-c2ccc(Cl)cc2)n1-c1ccccc1. The van der Waals surface area contributed by atoms with Crippen molar-refractivity contribution in [2.45, 2.75) is 6.92 Å². The van der Waals surface area contributed by atoms with Crippen molar-refractivity contribution >= 4 is 17.6 Å². The summed E-state index contributed by atoms with van der Waals surface area (Å²) in [4.78, 5) is 12.3. The number of para-hydroxylation sites is 1. The number of carbonyl (C=O) groups is 1. The molecule has 2 aromatic carbocycles. The van der Waals surface area contributed by atoms with Crippen LogP contribution in [0.25, 0.3) is 16.9 Å². The van der Waals surface area contributed by atoms with E-state index in [1.807, 2.05) is 0 Å². The first-order valence-corrected chi connectivity index (χ1v) is 8.04. The van der Waals surface area contributed by atoms with Crippen molar-refractivity contribution in [2.24, 2.45) is 0 Å². The van der Waals surface area contributed by atoms with Crippen molar-refractivity contribution in [3.05, 3.63) is 71.1 Å². The Hall–Kier alpha value is -2.79. The van der Waals surface area contributed by atoms with Crippen LogP contribution in [0, 0.1) is 5.82 Å². The molecule has 0 aliphatic rings. The van der Waals surface area contributed by atoms with Gasteiger partial charge in [-0.15, -0.1) is 0 Å². The molecule has 1 aromatic heterocycles. The van der Waals surface area contributed by atoms with Crippen LogP contribution in [0.4, 0.5) is 4.39 Å². The Balaban J connectivity index is 2.32. The zero-order valence-electron chi connectivity index (χ0n) is 13.4. The van der Waals surface area contributed by atoms with Crippen LogP contribution in [-0.2, 0) is 4.74 Å². The molecular formula is C19H15ClFNO3. The summed E-state index contributed by atoms with van der Waals surface area (Å²) in [7, 11) is 0. The largest absolute Gasteiger partial charge is 0.503 e. The van der Waals surface area contributed by atoms with E-state index in [9.17, 15) is 14.3 Å². The lowest BCUT2D eigenvalue weighted by Crippen LogP contribution is -2.12. The Morgan fingerprint density at radius 1 is 1.16 bits per heavy atom. The maximum absolute atomic E-state index is 14.8. The Morgan fingerprint density at radius 2 is 1.80 bits per heavy atom. The fourth-order valence-electron chi connectivity index (χ4n) is 2.62. The lowest BCUT2D eigenvalue weighted by molar-refractivity contribution is 0.0513. The summed E-state index contributed by atoms with van der Waals surface area (Å²) in [6.45, 7) is 1.75. The van der Waals surface area contributed by atoms with Gasteiger partial charge in [-0.3, -0.25) is 4.57 Å². The van der Waals surface area contributed by atoms with Gasteiger partial charge in [0.05, 0.1) is 12.3 Å². The molecule has 0 bridgehead atoms. The molecule has 0 amide bonds. The third-order valence-electron chi connectivity index (χ3n) is 3.69. The van der Waals surface area contributed by atoms with Crippen LogP contribution in [0.1, 0.15) is 17.4 Å². The highest BCUT2D eigenvalue weighted by molar-refractivity contribution is 6.30. The van der Waals surface area contributed by atoms with E-state index in [1.54, 1.807) is 61.5 Å². The Labute approximate surface area is 149 Å². The topological polar surface area (TPSA) is 51.5 Å². The highest BCUT2D eigenvalue weighted by atomic mass is 35.5. The zero-order valence-corrected chi connectivity index (χ0v) is 14.1. The summed E-state index contributed by atoms with van der Waals surface area (Å²) >= 11 is 5.90. The number of hydrogen-bond acceptors (Lipinski definition) is 3. The lowest BCUT2D eigenvalue weighted by atomic mass is 10.1. The van der Waals surface area contributed by atoms with Crippen molar-refractivity contribution in [1.82, 2.24) is 4.57 Å². The minimum atomic E-state index is -0.894. The second-order valence-corrected chi connectivity index (χ2v) is 5.69. The van der Waals surface area contributed by atoms with E-state index in [-0.39, 0.29) is 18.0 Å². The molecule has 0 aliphatic heterocycles. The van der Waals surface area contributed by atoms with Gasteiger partial charge in [-0.2, -0.15) is 0 Å². The van der Waals surface area contributed by atoms with Gasteiger partial charge in [-0.05, 0) is 31.2 Å². The third-order valence-corrected chi connectivity index (χ3v) is 3.94. The number of aromatic nitrogens is 1.